The van der Waals surface area contributed by atoms with E-state index < -0.39 is 28.2 Å². The summed E-state index contributed by atoms with van der Waals surface area (Å²) in [5.74, 6) is -0.866. The Hall–Kier alpha value is -0.510. The van der Waals surface area contributed by atoms with Crippen molar-refractivity contribution < 1.29 is 18.0 Å². The van der Waals surface area contributed by atoms with Gasteiger partial charge in [0.2, 0.25) is 5.24 Å². The maximum Gasteiger partial charge on any atom is 0.403 e. The van der Waals surface area contributed by atoms with E-state index in [2.05, 4.69) is 0 Å². The second-order valence-corrected chi connectivity index (χ2v) is 5.37. The lowest BCUT2D eigenvalue weighted by Crippen LogP contribution is -2.35. The van der Waals surface area contributed by atoms with Crippen LogP contribution in [0.3, 0.4) is 0 Å². The summed E-state index contributed by atoms with van der Waals surface area (Å²) in [5, 5.41) is -1.31. The summed E-state index contributed by atoms with van der Waals surface area (Å²) >= 11 is 5.19. The Morgan fingerprint density at radius 2 is 1.75 bits per heavy atom. The highest BCUT2D eigenvalue weighted by molar-refractivity contribution is 6.65. The molecular formula is C11H14ClF3O. The van der Waals surface area contributed by atoms with E-state index in [4.69, 9.17) is 11.6 Å². The van der Waals surface area contributed by atoms with E-state index in [1.165, 1.54) is 19.9 Å². The van der Waals surface area contributed by atoms with Gasteiger partial charge in [-0.05, 0) is 30.9 Å². The molecule has 0 radical (unpaired) electrons. The minimum atomic E-state index is -4.61. The fraction of sp³-hybridized carbons (Fsp3) is 0.727. The third-order valence-corrected chi connectivity index (χ3v) is 3.73. The molecule has 0 bridgehead atoms. The van der Waals surface area contributed by atoms with Crippen LogP contribution in [-0.4, -0.2) is 11.4 Å². The highest BCUT2D eigenvalue weighted by atomic mass is 35.5. The minimum absolute atomic E-state index is 0.752. The van der Waals surface area contributed by atoms with Crippen molar-refractivity contribution in [3.63, 3.8) is 0 Å². The van der Waals surface area contributed by atoms with Crippen LogP contribution in [0.2, 0.25) is 0 Å². The van der Waals surface area contributed by atoms with E-state index in [9.17, 15) is 18.0 Å². The molecule has 0 saturated heterocycles. The second-order valence-electron chi connectivity index (χ2n) is 5.02. The normalized spacial score (nSPS) is 32.1. The van der Waals surface area contributed by atoms with Gasteiger partial charge in [0.15, 0.2) is 5.41 Å². The molecule has 92 valence electrons. The molecule has 1 rings (SSSR count). The number of alkyl halides is 3. The van der Waals surface area contributed by atoms with Gasteiger partial charge < -0.3 is 0 Å². The van der Waals surface area contributed by atoms with E-state index in [1.54, 1.807) is 13.8 Å². The number of rotatable bonds is 2. The molecule has 0 N–H and O–H groups in total. The van der Waals surface area contributed by atoms with E-state index >= 15 is 0 Å². The molecule has 1 aliphatic carbocycles. The van der Waals surface area contributed by atoms with Crippen molar-refractivity contribution in [1.29, 1.82) is 0 Å². The fourth-order valence-corrected chi connectivity index (χ4v) is 2.97. The number of carbonyl (C=O) groups is 1. The van der Waals surface area contributed by atoms with Gasteiger partial charge in [-0.15, -0.1) is 0 Å². The van der Waals surface area contributed by atoms with E-state index in [-0.39, 0.29) is 0 Å². The predicted molar refractivity (Wildman–Crippen MR) is 56.1 cm³/mol. The zero-order valence-corrected chi connectivity index (χ0v) is 10.3. The summed E-state index contributed by atoms with van der Waals surface area (Å²) in [6.45, 7) is 6.25. The van der Waals surface area contributed by atoms with Crippen molar-refractivity contribution in [2.45, 2.75) is 33.9 Å². The molecule has 5 heteroatoms. The Bertz CT molecular complexity index is 353. The van der Waals surface area contributed by atoms with Gasteiger partial charge in [0.25, 0.3) is 0 Å². The first-order valence-corrected chi connectivity index (χ1v) is 5.29. The van der Waals surface area contributed by atoms with Crippen LogP contribution in [0.15, 0.2) is 11.6 Å². The fourth-order valence-electron chi connectivity index (χ4n) is 2.50. The molecule has 0 spiro atoms. The maximum absolute atomic E-state index is 13.0. The molecule has 0 aliphatic heterocycles. The summed E-state index contributed by atoms with van der Waals surface area (Å²) in [6.07, 6.45) is -3.13. The van der Waals surface area contributed by atoms with Gasteiger partial charge in [0, 0.05) is 5.92 Å². The molecule has 0 aromatic heterocycles. The number of hydrogen-bond acceptors (Lipinski definition) is 1. The third-order valence-electron chi connectivity index (χ3n) is 3.43. The molecule has 1 saturated carbocycles. The molecule has 0 aromatic rings. The number of halogens is 4. The highest BCUT2D eigenvalue weighted by Gasteiger charge is 2.85. The quantitative estimate of drug-likeness (QED) is 0.539. The first-order valence-electron chi connectivity index (χ1n) is 4.91. The Kier molecular flexibility index (Phi) is 2.96. The van der Waals surface area contributed by atoms with Gasteiger partial charge in [-0.1, -0.05) is 25.5 Å². The van der Waals surface area contributed by atoms with Crippen LogP contribution in [0.1, 0.15) is 27.7 Å². The average molecular weight is 255 g/mol. The molecule has 1 fully saturated rings. The monoisotopic (exact) mass is 254 g/mol. The smallest absolute Gasteiger partial charge is 0.280 e. The van der Waals surface area contributed by atoms with Crippen LogP contribution >= 0.6 is 11.6 Å². The molecule has 16 heavy (non-hydrogen) atoms. The lowest BCUT2D eigenvalue weighted by Gasteiger charge is -2.19. The first-order chi connectivity index (χ1) is 6.99. The van der Waals surface area contributed by atoms with E-state index in [0.29, 0.717) is 0 Å². The van der Waals surface area contributed by atoms with Crippen molar-refractivity contribution in [2.24, 2.45) is 16.7 Å². The van der Waals surface area contributed by atoms with Gasteiger partial charge >= 0.3 is 6.18 Å². The Morgan fingerprint density at radius 1 is 1.31 bits per heavy atom. The molecular weight excluding hydrogens is 241 g/mol. The molecule has 1 nitrogen and oxygen atoms in total. The van der Waals surface area contributed by atoms with Crippen LogP contribution in [0, 0.1) is 16.7 Å². The van der Waals surface area contributed by atoms with Gasteiger partial charge in [-0.3, -0.25) is 4.79 Å². The van der Waals surface area contributed by atoms with Crippen LogP contribution in [0.4, 0.5) is 13.2 Å². The molecule has 0 heterocycles. The number of hydrogen-bond donors (Lipinski definition) is 0. The van der Waals surface area contributed by atoms with Gasteiger partial charge in [-0.25, -0.2) is 0 Å². The van der Waals surface area contributed by atoms with Gasteiger partial charge in [0.1, 0.15) is 0 Å². The average Bonchev–Trinajstić information content (AvgIpc) is 2.45. The Morgan fingerprint density at radius 3 is 1.94 bits per heavy atom. The Labute approximate surface area is 97.7 Å². The van der Waals surface area contributed by atoms with Gasteiger partial charge in [0.05, 0.1) is 0 Å². The molecule has 2 unspecified atom stereocenters. The topological polar surface area (TPSA) is 17.1 Å². The summed E-state index contributed by atoms with van der Waals surface area (Å²) in [4.78, 5) is 11.2. The molecule has 2 atom stereocenters. The summed E-state index contributed by atoms with van der Waals surface area (Å²) < 4.78 is 39.0. The van der Waals surface area contributed by atoms with Crippen LogP contribution < -0.4 is 0 Å². The van der Waals surface area contributed by atoms with Crippen molar-refractivity contribution >= 4 is 16.8 Å². The van der Waals surface area contributed by atoms with Crippen LogP contribution in [0.5, 0.6) is 0 Å². The highest BCUT2D eigenvalue weighted by Crippen LogP contribution is 2.76. The van der Waals surface area contributed by atoms with E-state index in [1.807, 2.05) is 0 Å². The van der Waals surface area contributed by atoms with Crippen molar-refractivity contribution in [1.82, 2.24) is 0 Å². The number of carbonyl (C=O) groups excluding carboxylic acids is 1. The second kappa shape index (κ2) is 3.49. The van der Waals surface area contributed by atoms with Crippen molar-refractivity contribution in [3.05, 3.63) is 11.6 Å². The van der Waals surface area contributed by atoms with Crippen molar-refractivity contribution in [3.8, 4) is 0 Å². The van der Waals surface area contributed by atoms with Crippen LogP contribution in [0.25, 0.3) is 0 Å². The molecule has 0 aromatic carbocycles. The third kappa shape index (κ3) is 1.50. The van der Waals surface area contributed by atoms with Crippen LogP contribution in [-0.2, 0) is 4.79 Å². The maximum atomic E-state index is 13.0. The largest absolute Gasteiger partial charge is 0.403 e. The summed E-state index contributed by atoms with van der Waals surface area (Å²) in [7, 11) is 0. The predicted octanol–water partition coefficient (Wildman–Crippen LogP) is 3.92. The Balaban J connectivity index is 3.28. The molecule has 0 amide bonds. The van der Waals surface area contributed by atoms with E-state index in [0.717, 1.165) is 5.57 Å². The molecule has 1 aliphatic rings. The SMILES string of the molecule is CC(C)=CC1C(C)(C)C1(C(=O)Cl)C(F)(F)F. The standard InChI is InChI=1S/C11H14ClF3O/c1-6(2)5-7-9(3,4)10(7,8(12)16)11(13,14)15/h5,7H,1-4H3. The first kappa shape index (κ1) is 13.6. The summed E-state index contributed by atoms with van der Waals surface area (Å²) in [5.41, 5.74) is -2.83. The van der Waals surface area contributed by atoms with Crippen molar-refractivity contribution in [2.75, 3.05) is 0 Å². The lowest BCUT2D eigenvalue weighted by atomic mass is 9.97. The zero-order valence-electron chi connectivity index (χ0n) is 9.57. The van der Waals surface area contributed by atoms with Gasteiger partial charge in [-0.2, -0.15) is 13.2 Å². The summed E-state index contributed by atoms with van der Waals surface area (Å²) in [6, 6.07) is 0. The zero-order chi connectivity index (χ0) is 12.9. The minimum Gasteiger partial charge on any atom is -0.280 e. The number of allylic oxidation sites excluding steroid dienone is 2. The lowest BCUT2D eigenvalue weighted by molar-refractivity contribution is -0.196.